The van der Waals surface area contributed by atoms with Crippen LogP contribution in [0.4, 0.5) is 5.69 Å². The molecule has 1 aromatic carbocycles. The van der Waals surface area contributed by atoms with Crippen molar-refractivity contribution in [2.45, 2.75) is 53.3 Å². The molecule has 0 spiro atoms. The zero-order valence-corrected chi connectivity index (χ0v) is 14.5. The van der Waals surface area contributed by atoms with Crippen LogP contribution in [0.2, 0.25) is 0 Å². The maximum absolute atomic E-state index is 5.92. The molecule has 1 rings (SSSR count). The second-order valence-corrected chi connectivity index (χ2v) is 6.87. The van der Waals surface area contributed by atoms with Crippen molar-refractivity contribution in [3.63, 3.8) is 0 Å². The first-order valence-electron chi connectivity index (χ1n) is 7.84. The third kappa shape index (κ3) is 5.75. The lowest BCUT2D eigenvalue weighted by Crippen LogP contribution is -2.28. The summed E-state index contributed by atoms with van der Waals surface area (Å²) < 4.78 is 0. The Hall–Kier alpha value is -0.690. The largest absolute Gasteiger partial charge is 0.371 e. The van der Waals surface area contributed by atoms with Gasteiger partial charge in [0.1, 0.15) is 0 Å². The molecule has 114 valence electrons. The lowest BCUT2D eigenvalue weighted by Gasteiger charge is -2.28. The molecule has 1 nitrogen and oxygen atoms in total. The van der Waals surface area contributed by atoms with E-state index in [0.717, 1.165) is 24.9 Å². The number of nitrogens with zero attached hydrogens (tertiary/aromatic N) is 1. The molecule has 0 atom stereocenters. The van der Waals surface area contributed by atoms with Crippen LogP contribution >= 0.6 is 11.6 Å². The lowest BCUT2D eigenvalue weighted by molar-refractivity contribution is 0.535. The van der Waals surface area contributed by atoms with Crippen molar-refractivity contribution in [3.05, 3.63) is 29.3 Å². The van der Waals surface area contributed by atoms with Crippen molar-refractivity contribution < 1.29 is 0 Å². The summed E-state index contributed by atoms with van der Waals surface area (Å²) in [5, 5.41) is 0. The Bertz CT molecular complexity index is 386. The summed E-state index contributed by atoms with van der Waals surface area (Å²) in [4.78, 5) is 2.55. The molecule has 2 heteroatoms. The summed E-state index contributed by atoms with van der Waals surface area (Å²) in [5.74, 6) is 2.09. The molecule has 20 heavy (non-hydrogen) atoms. The van der Waals surface area contributed by atoms with E-state index in [9.17, 15) is 0 Å². The maximum atomic E-state index is 5.92. The molecule has 0 unspecified atom stereocenters. The second-order valence-electron chi connectivity index (χ2n) is 6.61. The number of aryl methyl sites for hydroxylation is 1. The summed E-state index contributed by atoms with van der Waals surface area (Å²) in [6.07, 6.45) is 2.49. The van der Waals surface area contributed by atoms with Crippen molar-refractivity contribution >= 4 is 17.3 Å². The first-order chi connectivity index (χ1) is 9.43. The van der Waals surface area contributed by atoms with E-state index in [-0.39, 0.29) is 0 Å². The maximum Gasteiger partial charge on any atom is 0.0474 e. The third-order valence-corrected chi connectivity index (χ3v) is 4.02. The van der Waals surface area contributed by atoms with Gasteiger partial charge in [-0.3, -0.25) is 0 Å². The van der Waals surface area contributed by atoms with Gasteiger partial charge in [-0.1, -0.05) is 39.8 Å². The first-order valence-corrected chi connectivity index (χ1v) is 8.38. The Morgan fingerprint density at radius 2 is 1.55 bits per heavy atom. The number of hydrogen-bond acceptors (Lipinski definition) is 1. The first kappa shape index (κ1) is 17.4. The van der Waals surface area contributed by atoms with Crippen molar-refractivity contribution in [3.8, 4) is 0 Å². The van der Waals surface area contributed by atoms with E-state index in [1.807, 2.05) is 0 Å². The van der Waals surface area contributed by atoms with Crippen LogP contribution in [-0.2, 0) is 5.88 Å². The average molecular weight is 296 g/mol. The van der Waals surface area contributed by atoms with Crippen molar-refractivity contribution in [2.75, 3.05) is 18.0 Å². The molecule has 0 bridgehead atoms. The lowest BCUT2D eigenvalue weighted by atomic mass is 10.1. The highest BCUT2D eigenvalue weighted by molar-refractivity contribution is 6.17. The van der Waals surface area contributed by atoms with E-state index in [1.54, 1.807) is 0 Å². The van der Waals surface area contributed by atoms with Gasteiger partial charge in [0.25, 0.3) is 0 Å². The van der Waals surface area contributed by atoms with Gasteiger partial charge in [0.2, 0.25) is 0 Å². The Kier molecular flexibility index (Phi) is 7.43. The molecule has 0 aliphatic carbocycles. The highest BCUT2D eigenvalue weighted by atomic mass is 35.5. The molecule has 0 saturated heterocycles. The molecule has 0 saturated carbocycles. The summed E-state index contributed by atoms with van der Waals surface area (Å²) in [6.45, 7) is 13.7. The van der Waals surface area contributed by atoms with Gasteiger partial charge in [-0.15, -0.1) is 11.6 Å². The monoisotopic (exact) mass is 295 g/mol. The highest BCUT2D eigenvalue weighted by Crippen LogP contribution is 2.24. The Morgan fingerprint density at radius 1 is 1.00 bits per heavy atom. The number of rotatable bonds is 8. The quantitative estimate of drug-likeness (QED) is 0.562. The molecule has 0 heterocycles. The van der Waals surface area contributed by atoms with Crippen molar-refractivity contribution in [1.82, 2.24) is 0 Å². The molecule has 1 aromatic rings. The second kappa shape index (κ2) is 8.56. The molecule has 0 fully saturated rings. The van der Waals surface area contributed by atoms with E-state index in [2.05, 4.69) is 57.7 Å². The van der Waals surface area contributed by atoms with E-state index in [4.69, 9.17) is 11.6 Å². The Morgan fingerprint density at radius 3 is 1.95 bits per heavy atom. The normalized spacial score (nSPS) is 11.4. The van der Waals surface area contributed by atoms with E-state index in [0.29, 0.717) is 5.88 Å². The fourth-order valence-electron chi connectivity index (χ4n) is 2.34. The highest BCUT2D eigenvalue weighted by Gasteiger charge is 2.11. The number of alkyl halides is 1. The topological polar surface area (TPSA) is 3.24 Å². The zero-order valence-electron chi connectivity index (χ0n) is 13.7. The average Bonchev–Trinajstić information content (AvgIpc) is 2.39. The van der Waals surface area contributed by atoms with Gasteiger partial charge in [0.15, 0.2) is 0 Å². The zero-order chi connectivity index (χ0) is 15.1. The van der Waals surface area contributed by atoms with Gasteiger partial charge in [0, 0.05) is 24.7 Å². The van der Waals surface area contributed by atoms with Crippen LogP contribution in [0.5, 0.6) is 0 Å². The minimum atomic E-state index is 0.596. The van der Waals surface area contributed by atoms with Gasteiger partial charge in [-0.25, -0.2) is 0 Å². The molecule has 0 aromatic heterocycles. The minimum absolute atomic E-state index is 0.596. The van der Waals surface area contributed by atoms with Crippen molar-refractivity contribution in [2.24, 2.45) is 11.8 Å². The van der Waals surface area contributed by atoms with Crippen LogP contribution in [0.25, 0.3) is 0 Å². The predicted molar refractivity (Wildman–Crippen MR) is 91.9 cm³/mol. The fourth-order valence-corrected chi connectivity index (χ4v) is 2.50. The van der Waals surface area contributed by atoms with Crippen LogP contribution in [-0.4, -0.2) is 13.1 Å². The van der Waals surface area contributed by atoms with Crippen LogP contribution < -0.4 is 4.90 Å². The summed E-state index contributed by atoms with van der Waals surface area (Å²) in [6, 6.07) is 6.63. The molecular formula is C18H30ClN. The van der Waals surface area contributed by atoms with Gasteiger partial charge in [-0.2, -0.15) is 0 Å². The minimum Gasteiger partial charge on any atom is -0.371 e. The molecule has 0 amide bonds. The smallest absolute Gasteiger partial charge is 0.0474 e. The third-order valence-electron chi connectivity index (χ3n) is 3.71. The molecule has 0 aliphatic rings. The molecule has 0 aliphatic heterocycles. The number of benzene rings is 1. The number of halogens is 1. The predicted octanol–water partition coefficient (Wildman–Crippen LogP) is 5.63. The molecular weight excluding hydrogens is 266 g/mol. The molecule has 0 N–H and O–H groups in total. The van der Waals surface area contributed by atoms with Crippen LogP contribution in [0, 0.1) is 18.8 Å². The summed E-state index contributed by atoms with van der Waals surface area (Å²) in [5.41, 5.74) is 3.93. The van der Waals surface area contributed by atoms with Crippen LogP contribution in [0.1, 0.15) is 51.7 Å². The SMILES string of the molecule is Cc1cc(CCl)ccc1N(CCC(C)C)CCC(C)C. The standard InChI is InChI=1S/C18H30ClN/c1-14(2)8-10-20(11-9-15(3)4)18-7-6-17(13-19)12-16(18)5/h6-7,12,14-15H,8-11,13H2,1-5H3. The van der Waals surface area contributed by atoms with E-state index < -0.39 is 0 Å². The summed E-state index contributed by atoms with van der Waals surface area (Å²) in [7, 11) is 0. The van der Waals surface area contributed by atoms with Gasteiger partial charge in [-0.05, 0) is 48.8 Å². The fraction of sp³-hybridized carbons (Fsp3) is 0.667. The summed E-state index contributed by atoms with van der Waals surface area (Å²) >= 11 is 5.92. The van der Waals surface area contributed by atoms with Crippen molar-refractivity contribution in [1.29, 1.82) is 0 Å². The van der Waals surface area contributed by atoms with E-state index in [1.165, 1.54) is 29.7 Å². The molecule has 0 radical (unpaired) electrons. The van der Waals surface area contributed by atoms with Gasteiger partial charge < -0.3 is 4.90 Å². The van der Waals surface area contributed by atoms with Gasteiger partial charge in [0.05, 0.1) is 0 Å². The van der Waals surface area contributed by atoms with Crippen LogP contribution in [0.3, 0.4) is 0 Å². The van der Waals surface area contributed by atoms with Gasteiger partial charge >= 0.3 is 0 Å². The Labute approximate surface area is 130 Å². The van der Waals surface area contributed by atoms with Crippen LogP contribution in [0.15, 0.2) is 18.2 Å². The Balaban J connectivity index is 2.84. The number of hydrogen-bond donors (Lipinski definition) is 0. The van der Waals surface area contributed by atoms with E-state index >= 15 is 0 Å². The number of anilines is 1.